The van der Waals surface area contributed by atoms with Crippen LogP contribution in [-0.4, -0.2) is 36.2 Å². The van der Waals surface area contributed by atoms with Crippen molar-refractivity contribution >= 4 is 5.97 Å². The van der Waals surface area contributed by atoms with Crippen molar-refractivity contribution in [2.45, 2.75) is 31.2 Å². The largest absolute Gasteiger partial charge is 0.480 e. The summed E-state index contributed by atoms with van der Waals surface area (Å²) in [5, 5.41) is 15.8. The Kier molecular flexibility index (Phi) is 2.74. The number of rotatable bonds is 2. The van der Waals surface area contributed by atoms with Crippen LogP contribution in [0.3, 0.4) is 0 Å². The van der Waals surface area contributed by atoms with Crippen molar-refractivity contribution in [3.63, 3.8) is 0 Å². The quantitative estimate of drug-likeness (QED) is 0.593. The highest BCUT2D eigenvalue weighted by Gasteiger charge is 2.47. The number of nitrogens with one attached hydrogen (secondary N) is 2. The minimum Gasteiger partial charge on any atom is -0.480 e. The van der Waals surface area contributed by atoms with Gasteiger partial charge in [0.1, 0.15) is 5.54 Å². The van der Waals surface area contributed by atoms with E-state index in [0.717, 1.165) is 45.3 Å². The van der Waals surface area contributed by atoms with Gasteiger partial charge in [-0.15, -0.1) is 0 Å². The topological polar surface area (TPSA) is 61.4 Å². The summed E-state index contributed by atoms with van der Waals surface area (Å²) < 4.78 is 0. The van der Waals surface area contributed by atoms with Gasteiger partial charge in [0.15, 0.2) is 0 Å². The predicted molar refractivity (Wildman–Crippen MR) is 53.2 cm³/mol. The molecule has 0 aromatic carbocycles. The van der Waals surface area contributed by atoms with Crippen LogP contribution in [-0.2, 0) is 4.79 Å². The first kappa shape index (κ1) is 9.93. The monoisotopic (exact) mass is 198 g/mol. The third-order valence-electron chi connectivity index (χ3n) is 3.61. The lowest BCUT2D eigenvalue weighted by atomic mass is 9.77. The summed E-state index contributed by atoms with van der Waals surface area (Å²) in [4.78, 5) is 11.3. The Morgan fingerprint density at radius 3 is 2.50 bits per heavy atom. The fourth-order valence-corrected chi connectivity index (χ4v) is 2.79. The molecular formula is C10H18N2O2. The molecule has 2 heterocycles. The van der Waals surface area contributed by atoms with Crippen LogP contribution in [0.5, 0.6) is 0 Å². The summed E-state index contributed by atoms with van der Waals surface area (Å²) in [7, 11) is 0. The Morgan fingerprint density at radius 1 is 1.29 bits per heavy atom. The average Bonchev–Trinajstić information content (AvgIpc) is 2.69. The van der Waals surface area contributed by atoms with E-state index in [1.54, 1.807) is 0 Å². The standard InChI is InChI=1S/C10H18N2O2/c13-9(14)10(4-1-5-12-10)8-2-6-11-7-3-8/h8,11-12H,1-7H2,(H,13,14). The molecule has 4 nitrogen and oxygen atoms in total. The third kappa shape index (κ3) is 1.53. The first-order valence-electron chi connectivity index (χ1n) is 5.45. The van der Waals surface area contributed by atoms with Crippen LogP contribution in [0.1, 0.15) is 25.7 Å². The van der Waals surface area contributed by atoms with Gasteiger partial charge in [-0.05, 0) is 51.2 Å². The van der Waals surface area contributed by atoms with E-state index in [2.05, 4.69) is 10.6 Å². The van der Waals surface area contributed by atoms with Crippen LogP contribution < -0.4 is 10.6 Å². The Labute approximate surface area is 84.1 Å². The van der Waals surface area contributed by atoms with Crippen LogP contribution in [0, 0.1) is 5.92 Å². The molecule has 2 fully saturated rings. The Morgan fingerprint density at radius 2 is 2.00 bits per heavy atom. The van der Waals surface area contributed by atoms with E-state index in [-0.39, 0.29) is 0 Å². The molecule has 2 aliphatic rings. The third-order valence-corrected chi connectivity index (χ3v) is 3.61. The number of carboxylic acid groups (broad SMARTS) is 1. The molecular weight excluding hydrogens is 180 g/mol. The van der Waals surface area contributed by atoms with Crippen LogP contribution >= 0.6 is 0 Å². The molecule has 0 amide bonds. The zero-order valence-corrected chi connectivity index (χ0v) is 8.38. The van der Waals surface area contributed by atoms with Gasteiger partial charge in [-0.3, -0.25) is 4.79 Å². The molecule has 80 valence electrons. The molecule has 0 saturated carbocycles. The molecule has 2 aliphatic heterocycles. The SMILES string of the molecule is O=C(O)C1(C2CCNCC2)CCCN1. The molecule has 2 saturated heterocycles. The smallest absolute Gasteiger partial charge is 0.324 e. The summed E-state index contributed by atoms with van der Waals surface area (Å²) >= 11 is 0. The molecule has 1 atom stereocenters. The average molecular weight is 198 g/mol. The number of carboxylic acids is 1. The Bertz CT molecular complexity index is 218. The van der Waals surface area contributed by atoms with E-state index >= 15 is 0 Å². The fourth-order valence-electron chi connectivity index (χ4n) is 2.79. The van der Waals surface area contributed by atoms with Gasteiger partial charge in [0.2, 0.25) is 0 Å². The van der Waals surface area contributed by atoms with E-state index in [4.69, 9.17) is 0 Å². The molecule has 2 rings (SSSR count). The Balaban J connectivity index is 2.12. The molecule has 0 aliphatic carbocycles. The predicted octanol–water partition coefficient (Wildman–Crippen LogP) is 0.193. The van der Waals surface area contributed by atoms with Gasteiger partial charge in [-0.25, -0.2) is 0 Å². The highest BCUT2D eigenvalue weighted by molar-refractivity contribution is 5.79. The van der Waals surface area contributed by atoms with Gasteiger partial charge in [-0.2, -0.15) is 0 Å². The van der Waals surface area contributed by atoms with E-state index in [9.17, 15) is 9.90 Å². The van der Waals surface area contributed by atoms with Gasteiger partial charge in [0.05, 0.1) is 0 Å². The summed E-state index contributed by atoms with van der Waals surface area (Å²) in [6.07, 6.45) is 3.77. The van der Waals surface area contributed by atoms with Crippen molar-refractivity contribution in [2.24, 2.45) is 5.92 Å². The Hall–Kier alpha value is -0.610. The summed E-state index contributed by atoms with van der Waals surface area (Å²) in [6.45, 7) is 2.78. The second-order valence-electron chi connectivity index (χ2n) is 4.33. The highest BCUT2D eigenvalue weighted by Crippen LogP contribution is 2.33. The maximum absolute atomic E-state index is 11.3. The van der Waals surface area contributed by atoms with E-state index in [0.29, 0.717) is 5.92 Å². The molecule has 3 N–H and O–H groups in total. The summed E-state index contributed by atoms with van der Waals surface area (Å²) in [5.41, 5.74) is -0.609. The first-order valence-corrected chi connectivity index (χ1v) is 5.45. The second-order valence-corrected chi connectivity index (χ2v) is 4.33. The maximum Gasteiger partial charge on any atom is 0.324 e. The first-order chi connectivity index (χ1) is 6.76. The second kappa shape index (κ2) is 3.87. The number of aliphatic carboxylic acids is 1. The lowest BCUT2D eigenvalue weighted by Crippen LogP contribution is -2.56. The summed E-state index contributed by atoms with van der Waals surface area (Å²) in [6, 6.07) is 0. The number of hydrogen-bond acceptors (Lipinski definition) is 3. The lowest BCUT2D eigenvalue weighted by molar-refractivity contribution is -0.147. The van der Waals surface area contributed by atoms with E-state index in [1.807, 2.05) is 0 Å². The van der Waals surface area contributed by atoms with Gasteiger partial charge in [0, 0.05) is 0 Å². The molecule has 0 aromatic heterocycles. The van der Waals surface area contributed by atoms with Gasteiger partial charge >= 0.3 is 5.97 Å². The van der Waals surface area contributed by atoms with Crippen molar-refractivity contribution in [1.29, 1.82) is 0 Å². The number of hydrogen-bond donors (Lipinski definition) is 3. The minimum atomic E-state index is -0.651. The molecule has 14 heavy (non-hydrogen) atoms. The normalized spacial score (nSPS) is 34.6. The fraction of sp³-hybridized carbons (Fsp3) is 0.900. The van der Waals surface area contributed by atoms with Crippen LogP contribution in [0.2, 0.25) is 0 Å². The molecule has 0 aromatic rings. The zero-order valence-electron chi connectivity index (χ0n) is 8.38. The summed E-state index contributed by atoms with van der Waals surface area (Å²) in [5.74, 6) is -0.342. The number of carbonyl (C=O) groups is 1. The van der Waals surface area contributed by atoms with Crippen molar-refractivity contribution in [3.05, 3.63) is 0 Å². The van der Waals surface area contributed by atoms with Gasteiger partial charge in [0.25, 0.3) is 0 Å². The van der Waals surface area contributed by atoms with Gasteiger partial charge in [-0.1, -0.05) is 0 Å². The highest BCUT2D eigenvalue weighted by atomic mass is 16.4. The van der Waals surface area contributed by atoms with Gasteiger partial charge < -0.3 is 15.7 Å². The van der Waals surface area contributed by atoms with Crippen molar-refractivity contribution < 1.29 is 9.90 Å². The van der Waals surface area contributed by atoms with Crippen molar-refractivity contribution in [1.82, 2.24) is 10.6 Å². The lowest BCUT2D eigenvalue weighted by Gasteiger charge is -2.36. The van der Waals surface area contributed by atoms with Crippen LogP contribution in [0.15, 0.2) is 0 Å². The molecule has 4 heteroatoms. The molecule has 0 bridgehead atoms. The molecule has 0 radical (unpaired) electrons. The van der Waals surface area contributed by atoms with Crippen LogP contribution in [0.4, 0.5) is 0 Å². The van der Waals surface area contributed by atoms with E-state index in [1.165, 1.54) is 0 Å². The van der Waals surface area contributed by atoms with Crippen molar-refractivity contribution in [3.8, 4) is 0 Å². The molecule has 1 unspecified atom stereocenters. The molecule has 0 spiro atoms. The maximum atomic E-state index is 11.3. The van der Waals surface area contributed by atoms with Crippen LogP contribution in [0.25, 0.3) is 0 Å². The van der Waals surface area contributed by atoms with Crippen molar-refractivity contribution in [2.75, 3.05) is 19.6 Å². The van der Waals surface area contributed by atoms with E-state index < -0.39 is 11.5 Å². The minimum absolute atomic E-state index is 0.309. The number of piperidine rings is 1. The zero-order chi connectivity index (χ0) is 10.0.